The molecule has 9 heteroatoms. The molecule has 8 nitrogen and oxygen atoms in total. The number of aromatic hydroxyl groups is 1. The molecule has 30 heavy (non-hydrogen) atoms. The Hall–Kier alpha value is -3.59. The van der Waals surface area contributed by atoms with Crippen molar-refractivity contribution in [2.24, 2.45) is 5.10 Å². The number of hydrazone groups is 1. The first-order valence-electron chi connectivity index (χ1n) is 9.28. The maximum Gasteiger partial charge on any atom is 0.323 e. The number of phenolic OH excluding ortho intramolecular Hbond substituents is 1. The summed E-state index contributed by atoms with van der Waals surface area (Å²) >= 11 is 1.60. The fraction of sp³-hybridized carbons (Fsp3) is 0.190. The van der Waals surface area contributed by atoms with E-state index in [0.29, 0.717) is 12.2 Å². The minimum absolute atomic E-state index is 0.114. The molecule has 0 radical (unpaired) electrons. The van der Waals surface area contributed by atoms with E-state index in [-0.39, 0.29) is 28.8 Å². The molecule has 0 bridgehead atoms. The predicted molar refractivity (Wildman–Crippen MR) is 111 cm³/mol. The van der Waals surface area contributed by atoms with Crippen molar-refractivity contribution < 1.29 is 19.5 Å². The van der Waals surface area contributed by atoms with E-state index in [1.54, 1.807) is 16.3 Å². The monoisotopic (exact) mass is 423 g/mol. The number of nitro benzene ring substituents is 1. The van der Waals surface area contributed by atoms with E-state index in [4.69, 9.17) is 14.6 Å². The molecule has 0 amide bonds. The number of hydrogen-bond acceptors (Lipinski definition) is 8. The van der Waals surface area contributed by atoms with Gasteiger partial charge in [0.2, 0.25) is 12.0 Å². The van der Waals surface area contributed by atoms with E-state index in [0.717, 1.165) is 16.2 Å². The largest absolute Gasteiger partial charge is 0.504 e. The quantitative estimate of drug-likeness (QED) is 0.486. The van der Waals surface area contributed by atoms with E-state index in [9.17, 15) is 15.2 Å². The van der Waals surface area contributed by atoms with Crippen LogP contribution in [0.3, 0.4) is 0 Å². The summed E-state index contributed by atoms with van der Waals surface area (Å²) in [6.45, 7) is 0. The topological polar surface area (TPSA) is 97.4 Å². The van der Waals surface area contributed by atoms with Crippen LogP contribution in [0.1, 0.15) is 34.7 Å². The minimum atomic E-state index is -0.836. The number of benzene rings is 2. The van der Waals surface area contributed by atoms with Crippen molar-refractivity contribution in [2.45, 2.75) is 18.7 Å². The van der Waals surface area contributed by atoms with Crippen molar-refractivity contribution in [3.63, 3.8) is 0 Å². The smallest absolute Gasteiger partial charge is 0.323 e. The second kappa shape index (κ2) is 7.03. The molecular formula is C21H17N3O5S. The molecular weight excluding hydrogens is 406 g/mol. The normalized spacial score (nSPS) is 19.5. The molecule has 0 fully saturated rings. The molecule has 0 saturated carbocycles. The lowest BCUT2D eigenvalue weighted by Gasteiger charge is -2.38. The average molecular weight is 423 g/mol. The lowest BCUT2D eigenvalue weighted by molar-refractivity contribution is -0.387. The van der Waals surface area contributed by atoms with Gasteiger partial charge in [-0.05, 0) is 29.6 Å². The molecule has 2 aromatic carbocycles. The van der Waals surface area contributed by atoms with Crippen LogP contribution in [0.2, 0.25) is 0 Å². The lowest BCUT2D eigenvalue weighted by atomic mass is 9.97. The van der Waals surface area contributed by atoms with Crippen molar-refractivity contribution in [1.82, 2.24) is 5.01 Å². The molecule has 2 atom stereocenters. The second-order valence-electron chi connectivity index (χ2n) is 6.94. The van der Waals surface area contributed by atoms with Crippen molar-refractivity contribution in [3.8, 4) is 17.2 Å². The molecule has 2 aliphatic rings. The van der Waals surface area contributed by atoms with Gasteiger partial charge in [0.15, 0.2) is 5.75 Å². The third-order valence-electron chi connectivity index (χ3n) is 5.30. The number of fused-ring (bicyclic) bond motifs is 3. The predicted octanol–water partition coefficient (Wildman–Crippen LogP) is 4.61. The maximum atomic E-state index is 11.9. The van der Waals surface area contributed by atoms with Crippen LogP contribution < -0.4 is 9.47 Å². The molecule has 0 spiro atoms. The van der Waals surface area contributed by atoms with Gasteiger partial charge < -0.3 is 14.6 Å². The molecule has 3 aromatic rings. The summed E-state index contributed by atoms with van der Waals surface area (Å²) in [7, 11) is 1.29. The van der Waals surface area contributed by atoms with E-state index in [1.807, 2.05) is 41.8 Å². The van der Waals surface area contributed by atoms with Crippen LogP contribution in [0.15, 0.2) is 59.0 Å². The Bertz CT molecular complexity index is 1160. The SMILES string of the molecule is COc1c(O)ccc(C2Oc3ccccc3C3CC(c4cccs4)=NN32)c1[N+](=O)[O-]. The highest BCUT2D eigenvalue weighted by Gasteiger charge is 2.44. The van der Waals surface area contributed by atoms with Gasteiger partial charge in [0.1, 0.15) is 5.75 Å². The molecule has 1 aromatic heterocycles. The zero-order valence-electron chi connectivity index (χ0n) is 15.9. The zero-order valence-corrected chi connectivity index (χ0v) is 16.7. The van der Waals surface area contributed by atoms with E-state index < -0.39 is 11.2 Å². The van der Waals surface area contributed by atoms with Gasteiger partial charge >= 0.3 is 5.69 Å². The third-order valence-corrected chi connectivity index (χ3v) is 6.22. The average Bonchev–Trinajstić information content (AvgIpc) is 3.43. The summed E-state index contributed by atoms with van der Waals surface area (Å²) in [6, 6.07) is 14.4. The van der Waals surface area contributed by atoms with Crippen LogP contribution in [0.25, 0.3) is 0 Å². The van der Waals surface area contributed by atoms with Gasteiger partial charge in [0.05, 0.1) is 34.2 Å². The molecule has 3 heterocycles. The Balaban J connectivity index is 1.68. The number of nitrogens with zero attached hydrogens (tertiary/aromatic N) is 3. The number of rotatable bonds is 4. The zero-order chi connectivity index (χ0) is 20.8. The Kier molecular flexibility index (Phi) is 4.32. The summed E-state index contributed by atoms with van der Waals surface area (Å²) in [4.78, 5) is 12.4. The highest BCUT2D eigenvalue weighted by Crippen LogP contribution is 2.51. The van der Waals surface area contributed by atoms with Gasteiger partial charge in [-0.1, -0.05) is 24.3 Å². The summed E-state index contributed by atoms with van der Waals surface area (Å²) in [5.41, 5.74) is 1.83. The second-order valence-corrected chi connectivity index (χ2v) is 7.89. The summed E-state index contributed by atoms with van der Waals surface area (Å²) in [5, 5.41) is 30.5. The molecule has 1 N–H and O–H groups in total. The first-order chi connectivity index (χ1) is 14.6. The summed E-state index contributed by atoms with van der Waals surface area (Å²) < 4.78 is 11.3. The summed E-state index contributed by atoms with van der Waals surface area (Å²) in [5.74, 6) is 0.163. The number of hydrogen-bond donors (Lipinski definition) is 1. The van der Waals surface area contributed by atoms with Crippen LogP contribution in [-0.4, -0.2) is 27.9 Å². The first kappa shape index (κ1) is 18.4. The lowest BCUT2D eigenvalue weighted by Crippen LogP contribution is -2.34. The highest BCUT2D eigenvalue weighted by atomic mass is 32.1. The van der Waals surface area contributed by atoms with Gasteiger partial charge in [-0.3, -0.25) is 10.1 Å². The highest BCUT2D eigenvalue weighted by molar-refractivity contribution is 7.12. The number of para-hydroxylation sites is 1. The van der Waals surface area contributed by atoms with Crippen molar-refractivity contribution in [3.05, 3.63) is 80.0 Å². The standard InChI is InChI=1S/C21H17N3O5S/c1-28-20-16(25)9-8-13(19(20)24(26)27)21-23-15(12-5-2-3-6-17(12)29-21)11-14(22-23)18-7-4-10-30-18/h2-10,15,21,25H,11H2,1H3. The van der Waals surface area contributed by atoms with Crippen LogP contribution in [0.4, 0.5) is 5.69 Å². The third kappa shape index (κ3) is 2.78. The Morgan fingerprint density at radius 3 is 2.80 bits per heavy atom. The molecule has 0 saturated heterocycles. The number of phenols is 1. The minimum Gasteiger partial charge on any atom is -0.504 e. The van der Waals surface area contributed by atoms with Crippen LogP contribution in [0, 0.1) is 10.1 Å². The van der Waals surface area contributed by atoms with Crippen LogP contribution in [-0.2, 0) is 0 Å². The number of ether oxygens (including phenoxy) is 2. The van der Waals surface area contributed by atoms with Gasteiger partial charge in [0, 0.05) is 12.0 Å². The molecule has 2 unspecified atom stereocenters. The molecule has 5 rings (SSSR count). The van der Waals surface area contributed by atoms with E-state index in [2.05, 4.69) is 0 Å². The molecule has 152 valence electrons. The van der Waals surface area contributed by atoms with Gasteiger partial charge in [-0.2, -0.15) is 5.10 Å². The van der Waals surface area contributed by atoms with Gasteiger partial charge in [-0.25, -0.2) is 5.01 Å². The van der Waals surface area contributed by atoms with E-state index in [1.165, 1.54) is 19.2 Å². The van der Waals surface area contributed by atoms with Crippen LogP contribution in [0.5, 0.6) is 17.2 Å². The van der Waals surface area contributed by atoms with Gasteiger partial charge in [0.25, 0.3) is 0 Å². The molecule has 2 aliphatic heterocycles. The van der Waals surface area contributed by atoms with Crippen molar-refractivity contribution >= 4 is 22.7 Å². The summed E-state index contributed by atoms with van der Waals surface area (Å²) in [6.07, 6.45) is -0.169. The van der Waals surface area contributed by atoms with Crippen LogP contribution >= 0.6 is 11.3 Å². The fourth-order valence-corrected chi connectivity index (χ4v) is 4.72. The maximum absolute atomic E-state index is 11.9. The Labute approximate surface area is 175 Å². The molecule has 0 aliphatic carbocycles. The number of nitro groups is 1. The number of thiophene rings is 1. The van der Waals surface area contributed by atoms with E-state index >= 15 is 0 Å². The van der Waals surface area contributed by atoms with Gasteiger partial charge in [-0.15, -0.1) is 11.3 Å². The number of methoxy groups -OCH3 is 1. The van der Waals surface area contributed by atoms with Crippen molar-refractivity contribution in [1.29, 1.82) is 0 Å². The Morgan fingerprint density at radius 2 is 2.07 bits per heavy atom. The first-order valence-corrected chi connectivity index (χ1v) is 10.2. The van der Waals surface area contributed by atoms with Crippen molar-refractivity contribution in [2.75, 3.05) is 7.11 Å². The fourth-order valence-electron chi connectivity index (χ4n) is 4.00. The Morgan fingerprint density at radius 1 is 1.23 bits per heavy atom.